The summed E-state index contributed by atoms with van der Waals surface area (Å²) < 4.78 is 0. The summed E-state index contributed by atoms with van der Waals surface area (Å²) in [7, 11) is 2.14. The Morgan fingerprint density at radius 2 is 1.43 bits per heavy atom. The van der Waals surface area contributed by atoms with E-state index in [-0.39, 0.29) is 18.0 Å². The highest BCUT2D eigenvalue weighted by molar-refractivity contribution is 5.83. The van der Waals surface area contributed by atoms with Gasteiger partial charge in [0.15, 0.2) is 0 Å². The Balaban J connectivity index is 1.98. The van der Waals surface area contributed by atoms with Crippen LogP contribution in [0.2, 0.25) is 0 Å². The summed E-state index contributed by atoms with van der Waals surface area (Å²) in [4.78, 5) is 14.8. The SMILES string of the molecule is C[C@@H]1C(=O)C[C@@H](c2ccccc2)N(C)[C@H]1c1ccccc1. The van der Waals surface area contributed by atoms with E-state index < -0.39 is 0 Å². The van der Waals surface area contributed by atoms with Crippen molar-refractivity contribution in [1.82, 2.24) is 4.90 Å². The molecule has 2 nitrogen and oxygen atoms in total. The van der Waals surface area contributed by atoms with Crippen LogP contribution < -0.4 is 0 Å². The van der Waals surface area contributed by atoms with Crippen LogP contribution in [0.25, 0.3) is 0 Å². The number of carbonyl (C=O) groups excluding carboxylic acids is 1. The van der Waals surface area contributed by atoms with Gasteiger partial charge in [0.2, 0.25) is 0 Å². The van der Waals surface area contributed by atoms with Crippen molar-refractivity contribution in [3.8, 4) is 0 Å². The highest BCUT2D eigenvalue weighted by Gasteiger charge is 2.39. The zero-order chi connectivity index (χ0) is 14.8. The minimum atomic E-state index is 0.0392. The van der Waals surface area contributed by atoms with Crippen LogP contribution in [0.1, 0.15) is 36.6 Å². The molecule has 108 valence electrons. The second-order valence-corrected chi connectivity index (χ2v) is 5.91. The van der Waals surface area contributed by atoms with E-state index in [4.69, 9.17) is 0 Å². The smallest absolute Gasteiger partial charge is 0.139 e. The first-order valence-corrected chi connectivity index (χ1v) is 7.53. The average molecular weight is 279 g/mol. The number of ketones is 1. The minimum Gasteiger partial charge on any atom is -0.299 e. The van der Waals surface area contributed by atoms with E-state index in [1.54, 1.807) is 0 Å². The molecule has 2 aromatic carbocycles. The van der Waals surface area contributed by atoms with Crippen molar-refractivity contribution in [3.63, 3.8) is 0 Å². The third-order valence-corrected chi connectivity index (χ3v) is 4.63. The minimum absolute atomic E-state index is 0.0392. The summed E-state index contributed by atoms with van der Waals surface area (Å²) in [5, 5.41) is 0. The molecule has 3 rings (SSSR count). The fourth-order valence-corrected chi connectivity index (χ4v) is 3.45. The molecular formula is C19H21NO. The summed E-state index contributed by atoms with van der Waals surface area (Å²) in [5.41, 5.74) is 2.45. The monoisotopic (exact) mass is 279 g/mol. The van der Waals surface area contributed by atoms with Gasteiger partial charge in [0.1, 0.15) is 5.78 Å². The highest BCUT2D eigenvalue weighted by Crippen LogP contribution is 2.41. The van der Waals surface area contributed by atoms with Crippen molar-refractivity contribution in [1.29, 1.82) is 0 Å². The van der Waals surface area contributed by atoms with E-state index in [0.717, 1.165) is 0 Å². The molecule has 1 aliphatic rings. The molecule has 1 saturated heterocycles. The van der Waals surface area contributed by atoms with Crippen molar-refractivity contribution < 1.29 is 4.79 Å². The largest absolute Gasteiger partial charge is 0.299 e. The summed E-state index contributed by atoms with van der Waals surface area (Å²) >= 11 is 0. The van der Waals surface area contributed by atoms with E-state index >= 15 is 0 Å². The molecule has 0 amide bonds. The van der Waals surface area contributed by atoms with E-state index in [9.17, 15) is 4.79 Å². The third kappa shape index (κ3) is 2.64. The van der Waals surface area contributed by atoms with Gasteiger partial charge in [0.05, 0.1) is 0 Å². The predicted octanol–water partition coefficient (Wildman–Crippen LogP) is 4.01. The van der Waals surface area contributed by atoms with Gasteiger partial charge < -0.3 is 0 Å². The fraction of sp³-hybridized carbons (Fsp3) is 0.316. The lowest BCUT2D eigenvalue weighted by Gasteiger charge is -2.43. The van der Waals surface area contributed by atoms with Gasteiger partial charge in [-0.05, 0) is 18.2 Å². The van der Waals surface area contributed by atoms with Crippen molar-refractivity contribution in [2.45, 2.75) is 25.4 Å². The maximum absolute atomic E-state index is 12.5. The van der Waals surface area contributed by atoms with Gasteiger partial charge in [0, 0.05) is 24.4 Å². The Kier molecular flexibility index (Phi) is 3.89. The van der Waals surface area contributed by atoms with Crippen molar-refractivity contribution in [2.24, 2.45) is 5.92 Å². The summed E-state index contributed by atoms with van der Waals surface area (Å²) in [6.07, 6.45) is 0.602. The summed E-state index contributed by atoms with van der Waals surface area (Å²) in [5.74, 6) is 0.396. The van der Waals surface area contributed by atoms with Gasteiger partial charge in [0.25, 0.3) is 0 Å². The zero-order valence-electron chi connectivity index (χ0n) is 12.6. The maximum atomic E-state index is 12.5. The van der Waals surface area contributed by atoms with Crippen LogP contribution in [0.5, 0.6) is 0 Å². The number of likely N-dealkylation sites (tertiary alicyclic amines) is 1. The molecule has 1 aliphatic heterocycles. The van der Waals surface area contributed by atoms with E-state index in [2.05, 4.69) is 43.1 Å². The summed E-state index contributed by atoms with van der Waals surface area (Å²) in [6.45, 7) is 2.05. The number of Topliss-reactive ketones (excluding diaryl/α,β-unsaturated/α-hetero) is 1. The Morgan fingerprint density at radius 3 is 2.00 bits per heavy atom. The third-order valence-electron chi connectivity index (χ3n) is 4.63. The Hall–Kier alpha value is -1.93. The number of hydrogen-bond acceptors (Lipinski definition) is 2. The molecule has 0 unspecified atom stereocenters. The number of carbonyl (C=O) groups is 1. The predicted molar refractivity (Wildman–Crippen MR) is 84.9 cm³/mol. The van der Waals surface area contributed by atoms with Gasteiger partial charge in [-0.3, -0.25) is 9.69 Å². The van der Waals surface area contributed by atoms with Crippen LogP contribution in [0.15, 0.2) is 60.7 Å². The van der Waals surface area contributed by atoms with Crippen LogP contribution in [0.3, 0.4) is 0 Å². The average Bonchev–Trinajstić information content (AvgIpc) is 2.53. The Morgan fingerprint density at radius 1 is 0.905 bits per heavy atom. The summed E-state index contributed by atoms with van der Waals surface area (Å²) in [6, 6.07) is 21.0. The maximum Gasteiger partial charge on any atom is 0.139 e. The molecule has 2 aromatic rings. The first kappa shape index (κ1) is 14.0. The standard InChI is InChI=1S/C19H21NO/c1-14-18(21)13-17(15-9-5-3-6-10-15)20(2)19(14)16-11-7-4-8-12-16/h3-12,14,17,19H,13H2,1-2H3/t14-,17+,19-/m1/s1. The van der Waals surface area contributed by atoms with Crippen molar-refractivity contribution in [2.75, 3.05) is 7.05 Å². The molecular weight excluding hydrogens is 258 g/mol. The molecule has 1 fully saturated rings. The number of hydrogen-bond donors (Lipinski definition) is 0. The molecule has 0 aromatic heterocycles. The van der Waals surface area contributed by atoms with Crippen molar-refractivity contribution in [3.05, 3.63) is 71.8 Å². The lowest BCUT2D eigenvalue weighted by Crippen LogP contribution is -2.42. The number of piperidine rings is 1. The molecule has 0 aliphatic carbocycles. The highest BCUT2D eigenvalue weighted by atomic mass is 16.1. The van der Waals surface area contributed by atoms with Gasteiger partial charge >= 0.3 is 0 Å². The molecule has 0 spiro atoms. The van der Waals surface area contributed by atoms with Crippen LogP contribution in [0.4, 0.5) is 0 Å². The van der Waals surface area contributed by atoms with Gasteiger partial charge in [-0.1, -0.05) is 67.6 Å². The van der Waals surface area contributed by atoms with E-state index in [1.165, 1.54) is 11.1 Å². The van der Waals surface area contributed by atoms with Crippen LogP contribution in [0, 0.1) is 5.92 Å². The molecule has 0 N–H and O–H groups in total. The molecule has 2 heteroatoms. The Bertz CT molecular complexity index is 608. The normalized spacial score (nSPS) is 26.8. The second-order valence-electron chi connectivity index (χ2n) is 5.91. The topological polar surface area (TPSA) is 20.3 Å². The molecule has 0 saturated carbocycles. The first-order chi connectivity index (χ1) is 10.2. The van der Waals surface area contributed by atoms with E-state index in [0.29, 0.717) is 12.2 Å². The van der Waals surface area contributed by atoms with Gasteiger partial charge in [-0.2, -0.15) is 0 Å². The molecule has 1 heterocycles. The van der Waals surface area contributed by atoms with Crippen molar-refractivity contribution >= 4 is 5.78 Å². The quantitative estimate of drug-likeness (QED) is 0.828. The van der Waals surface area contributed by atoms with Crippen LogP contribution in [-0.4, -0.2) is 17.7 Å². The Labute approximate surface area is 126 Å². The van der Waals surface area contributed by atoms with Crippen LogP contribution in [-0.2, 0) is 4.79 Å². The zero-order valence-corrected chi connectivity index (χ0v) is 12.6. The lowest BCUT2D eigenvalue weighted by molar-refractivity contribution is -0.130. The van der Waals surface area contributed by atoms with Crippen LogP contribution >= 0.6 is 0 Å². The first-order valence-electron chi connectivity index (χ1n) is 7.53. The number of benzene rings is 2. The van der Waals surface area contributed by atoms with Gasteiger partial charge in [-0.25, -0.2) is 0 Å². The molecule has 3 atom stereocenters. The van der Waals surface area contributed by atoms with E-state index in [1.807, 2.05) is 36.4 Å². The number of rotatable bonds is 2. The molecule has 0 bridgehead atoms. The number of nitrogens with zero attached hydrogens (tertiary/aromatic N) is 1. The van der Waals surface area contributed by atoms with Gasteiger partial charge in [-0.15, -0.1) is 0 Å². The lowest BCUT2D eigenvalue weighted by atomic mass is 9.80. The molecule has 0 radical (unpaired) electrons. The second kappa shape index (κ2) is 5.82. The fourth-order valence-electron chi connectivity index (χ4n) is 3.45. The molecule has 21 heavy (non-hydrogen) atoms.